The van der Waals surface area contributed by atoms with Gasteiger partial charge in [-0.3, -0.25) is 0 Å². The highest BCUT2D eigenvalue weighted by Crippen LogP contribution is 2.23. The van der Waals surface area contributed by atoms with Crippen LogP contribution in [0.25, 0.3) is 0 Å². The van der Waals surface area contributed by atoms with Crippen LogP contribution < -0.4 is 4.74 Å². The first-order valence-corrected chi connectivity index (χ1v) is 5.74. The highest BCUT2D eigenvalue weighted by atomic mass is 35.5. The molecule has 0 aliphatic rings. The Bertz CT molecular complexity index is 506. The highest BCUT2D eigenvalue weighted by Gasteiger charge is 2.07. The quantitative estimate of drug-likeness (QED) is 0.861. The molecule has 0 spiro atoms. The number of halogens is 3. The minimum absolute atomic E-state index is 0.0562. The third-order valence-corrected chi connectivity index (χ3v) is 3.07. The molecule has 0 atom stereocenters. The second-order valence-corrected chi connectivity index (χ2v) is 4.62. The first-order chi connectivity index (χ1) is 7.66. The molecule has 2 rings (SSSR count). The van der Waals surface area contributed by atoms with Crippen molar-refractivity contribution in [2.24, 2.45) is 0 Å². The van der Waals surface area contributed by atoms with Gasteiger partial charge in [0.25, 0.3) is 0 Å². The molecule has 0 amide bonds. The SMILES string of the molecule is Fc1cc(OCc2nnsc2Cl)ccc1Cl. The Morgan fingerprint density at radius 1 is 1.38 bits per heavy atom. The fourth-order valence-electron chi connectivity index (χ4n) is 1.00. The largest absolute Gasteiger partial charge is 0.487 e. The highest BCUT2D eigenvalue weighted by molar-refractivity contribution is 7.10. The van der Waals surface area contributed by atoms with Crippen LogP contribution >= 0.6 is 34.7 Å². The van der Waals surface area contributed by atoms with Crippen LogP contribution in [0.3, 0.4) is 0 Å². The lowest BCUT2D eigenvalue weighted by Gasteiger charge is -2.04. The van der Waals surface area contributed by atoms with Crippen LogP contribution in [0.2, 0.25) is 9.36 Å². The summed E-state index contributed by atoms with van der Waals surface area (Å²) in [6.07, 6.45) is 0. The predicted molar refractivity (Wildman–Crippen MR) is 60.7 cm³/mol. The molecule has 0 radical (unpaired) electrons. The Hall–Kier alpha value is -0.910. The number of nitrogens with zero attached hydrogens (tertiary/aromatic N) is 2. The van der Waals surface area contributed by atoms with Crippen molar-refractivity contribution in [1.29, 1.82) is 0 Å². The van der Waals surface area contributed by atoms with E-state index < -0.39 is 5.82 Å². The summed E-state index contributed by atoms with van der Waals surface area (Å²) in [6, 6.07) is 4.20. The van der Waals surface area contributed by atoms with E-state index in [-0.39, 0.29) is 11.6 Å². The summed E-state index contributed by atoms with van der Waals surface area (Å²) < 4.78 is 22.5. The van der Waals surface area contributed by atoms with Crippen molar-refractivity contribution in [3.8, 4) is 5.75 Å². The lowest BCUT2D eigenvalue weighted by atomic mass is 10.3. The molecule has 1 heterocycles. The minimum atomic E-state index is -0.526. The maximum absolute atomic E-state index is 13.1. The van der Waals surface area contributed by atoms with Crippen LogP contribution in [0.15, 0.2) is 18.2 Å². The Labute approximate surface area is 105 Å². The zero-order chi connectivity index (χ0) is 11.5. The molecule has 84 valence electrons. The third kappa shape index (κ3) is 2.61. The monoisotopic (exact) mass is 278 g/mol. The van der Waals surface area contributed by atoms with Gasteiger partial charge in [0.2, 0.25) is 0 Å². The van der Waals surface area contributed by atoms with Crippen LogP contribution in [0, 0.1) is 5.82 Å². The van der Waals surface area contributed by atoms with Crippen molar-refractivity contribution in [2.45, 2.75) is 6.61 Å². The summed E-state index contributed by atoms with van der Waals surface area (Å²) in [5.74, 6) is -0.160. The maximum Gasteiger partial charge on any atom is 0.145 e. The van der Waals surface area contributed by atoms with E-state index in [1.165, 1.54) is 12.1 Å². The normalized spacial score (nSPS) is 10.4. The summed E-state index contributed by atoms with van der Waals surface area (Å²) in [4.78, 5) is 0. The Kier molecular flexibility index (Phi) is 3.58. The molecule has 0 unspecified atom stereocenters. The molecule has 2 aromatic rings. The molecule has 0 aliphatic heterocycles. The van der Waals surface area contributed by atoms with E-state index >= 15 is 0 Å². The van der Waals surface area contributed by atoms with E-state index in [9.17, 15) is 4.39 Å². The first-order valence-electron chi connectivity index (χ1n) is 4.21. The van der Waals surface area contributed by atoms with Crippen molar-refractivity contribution in [1.82, 2.24) is 9.59 Å². The molecule has 0 saturated heterocycles. The number of benzene rings is 1. The van der Waals surface area contributed by atoms with E-state index in [1.54, 1.807) is 6.07 Å². The van der Waals surface area contributed by atoms with Gasteiger partial charge in [-0.1, -0.05) is 27.7 Å². The second kappa shape index (κ2) is 4.95. The van der Waals surface area contributed by atoms with E-state index in [2.05, 4.69) is 9.59 Å². The summed E-state index contributed by atoms with van der Waals surface area (Å²) in [5.41, 5.74) is 0.530. The lowest BCUT2D eigenvalue weighted by Crippen LogP contribution is -1.97. The molecule has 7 heteroatoms. The number of rotatable bonds is 3. The molecule has 16 heavy (non-hydrogen) atoms. The van der Waals surface area contributed by atoms with Gasteiger partial charge in [-0.2, -0.15) is 0 Å². The smallest absolute Gasteiger partial charge is 0.145 e. The average molecular weight is 279 g/mol. The minimum Gasteiger partial charge on any atom is -0.487 e. The zero-order valence-corrected chi connectivity index (χ0v) is 10.1. The first kappa shape index (κ1) is 11.6. The summed E-state index contributed by atoms with van der Waals surface area (Å²) in [5, 5.41) is 3.82. The van der Waals surface area contributed by atoms with Crippen LogP contribution in [0.1, 0.15) is 5.69 Å². The number of aromatic nitrogens is 2. The van der Waals surface area contributed by atoms with Gasteiger partial charge in [0, 0.05) is 17.6 Å². The van der Waals surface area contributed by atoms with Crippen molar-refractivity contribution in [3.63, 3.8) is 0 Å². The fraction of sp³-hybridized carbons (Fsp3) is 0.111. The van der Waals surface area contributed by atoms with Gasteiger partial charge < -0.3 is 4.74 Å². The van der Waals surface area contributed by atoms with Gasteiger partial charge in [-0.05, 0) is 12.1 Å². The van der Waals surface area contributed by atoms with Crippen molar-refractivity contribution in [2.75, 3.05) is 0 Å². The maximum atomic E-state index is 13.1. The van der Waals surface area contributed by atoms with Crippen molar-refractivity contribution in [3.05, 3.63) is 39.1 Å². The molecule has 0 aliphatic carbocycles. The second-order valence-electron chi connectivity index (χ2n) is 2.86. The van der Waals surface area contributed by atoms with Crippen molar-refractivity contribution >= 4 is 34.7 Å². The van der Waals surface area contributed by atoms with E-state index in [1.807, 2.05) is 0 Å². The van der Waals surface area contributed by atoms with E-state index in [0.717, 1.165) is 11.5 Å². The number of hydrogen-bond donors (Lipinski definition) is 0. The van der Waals surface area contributed by atoms with E-state index in [0.29, 0.717) is 15.8 Å². The van der Waals surface area contributed by atoms with Gasteiger partial charge >= 0.3 is 0 Å². The molecule has 3 nitrogen and oxygen atoms in total. The van der Waals surface area contributed by atoms with E-state index in [4.69, 9.17) is 27.9 Å². The standard InChI is InChI=1S/C9H5Cl2FN2OS/c10-6-2-1-5(3-7(6)12)15-4-8-9(11)16-14-13-8/h1-3H,4H2. The molecule has 0 saturated carbocycles. The topological polar surface area (TPSA) is 35.0 Å². The molecule has 1 aromatic heterocycles. The van der Waals surface area contributed by atoms with Crippen LogP contribution in [-0.4, -0.2) is 9.59 Å². The van der Waals surface area contributed by atoms with Crippen LogP contribution in [0.4, 0.5) is 4.39 Å². The van der Waals surface area contributed by atoms with Crippen LogP contribution in [0.5, 0.6) is 5.75 Å². The van der Waals surface area contributed by atoms with Gasteiger partial charge in [0.15, 0.2) is 0 Å². The molecule has 0 bridgehead atoms. The van der Waals surface area contributed by atoms with Gasteiger partial charge in [0.05, 0.1) is 5.02 Å². The van der Waals surface area contributed by atoms with Crippen molar-refractivity contribution < 1.29 is 9.13 Å². The fourth-order valence-corrected chi connectivity index (χ4v) is 1.72. The summed E-state index contributed by atoms with van der Waals surface area (Å²) >= 11 is 12.4. The molecular formula is C9H5Cl2FN2OS. The van der Waals surface area contributed by atoms with Crippen LogP contribution in [-0.2, 0) is 6.61 Å². The molecule has 1 aromatic carbocycles. The molecule has 0 fully saturated rings. The third-order valence-electron chi connectivity index (χ3n) is 1.78. The van der Waals surface area contributed by atoms with Gasteiger partial charge in [-0.15, -0.1) is 5.10 Å². The Balaban J connectivity index is 2.05. The Morgan fingerprint density at radius 3 is 2.81 bits per heavy atom. The molecular weight excluding hydrogens is 274 g/mol. The predicted octanol–water partition coefficient (Wildman–Crippen LogP) is 3.56. The molecule has 0 N–H and O–H groups in total. The Morgan fingerprint density at radius 2 is 2.19 bits per heavy atom. The lowest BCUT2D eigenvalue weighted by molar-refractivity contribution is 0.299. The number of ether oxygens (including phenoxy) is 1. The average Bonchev–Trinajstić information content (AvgIpc) is 2.66. The summed E-state index contributed by atoms with van der Waals surface area (Å²) in [7, 11) is 0. The number of hydrogen-bond acceptors (Lipinski definition) is 4. The zero-order valence-electron chi connectivity index (χ0n) is 7.78. The van der Waals surface area contributed by atoms with Gasteiger partial charge in [0.1, 0.15) is 28.2 Å². The van der Waals surface area contributed by atoms with Gasteiger partial charge in [-0.25, -0.2) is 4.39 Å². The summed E-state index contributed by atoms with van der Waals surface area (Å²) in [6.45, 7) is 0.149.